The van der Waals surface area contributed by atoms with E-state index in [1.165, 1.54) is 64.2 Å². The molecule has 24 heavy (non-hydrogen) atoms. The van der Waals surface area contributed by atoms with Crippen LogP contribution in [0.2, 0.25) is 0 Å². The lowest BCUT2D eigenvalue weighted by atomic mass is 10.0. The van der Waals surface area contributed by atoms with Gasteiger partial charge in [0.25, 0.3) is 0 Å². The molecule has 140 valence electrons. The molecule has 0 aromatic carbocycles. The Morgan fingerprint density at radius 3 is 1.75 bits per heavy atom. The van der Waals surface area contributed by atoms with Crippen molar-refractivity contribution in [3.8, 4) is 0 Å². The second-order valence-corrected chi connectivity index (χ2v) is 6.70. The third kappa shape index (κ3) is 19.0. The van der Waals surface area contributed by atoms with Crippen LogP contribution >= 0.6 is 0 Å². The first-order valence-corrected chi connectivity index (χ1v) is 9.82. The molecule has 0 amide bonds. The maximum absolute atomic E-state index is 10.4. The van der Waals surface area contributed by atoms with Crippen LogP contribution in [0.25, 0.3) is 0 Å². The fourth-order valence-corrected chi connectivity index (χ4v) is 2.79. The largest absolute Gasteiger partial charge is 0.481 e. The molecule has 0 saturated carbocycles. The van der Waals surface area contributed by atoms with Crippen molar-refractivity contribution in [1.82, 2.24) is 0 Å². The summed E-state index contributed by atoms with van der Waals surface area (Å²) in [6.07, 6.45) is 22.3. The summed E-state index contributed by atoms with van der Waals surface area (Å²) in [7, 11) is 0. The highest BCUT2D eigenvalue weighted by molar-refractivity contribution is 5.67. The summed E-state index contributed by atoms with van der Waals surface area (Å²) in [6, 6.07) is 0. The fourth-order valence-electron chi connectivity index (χ4n) is 2.79. The number of unbranched alkanes of at least 4 members (excludes halogenated alkanes) is 11. The molecule has 0 saturated heterocycles. The molecule has 1 unspecified atom stereocenters. The van der Waals surface area contributed by atoms with Gasteiger partial charge in [0.05, 0.1) is 12.5 Å². The highest BCUT2D eigenvalue weighted by Crippen LogP contribution is 2.12. The second kappa shape index (κ2) is 18.3. The van der Waals surface area contributed by atoms with Crippen LogP contribution < -0.4 is 0 Å². The molecular weight excluding hydrogens is 300 g/mol. The quantitative estimate of drug-likeness (QED) is 0.237. The SMILES string of the molecule is C=CCCCCCCC=CCCCCCCCCC(O)CC(=O)O. The lowest BCUT2D eigenvalue weighted by Crippen LogP contribution is -2.12. The van der Waals surface area contributed by atoms with E-state index in [0.717, 1.165) is 19.3 Å². The molecule has 0 fully saturated rings. The number of aliphatic hydroxyl groups is 1. The van der Waals surface area contributed by atoms with Gasteiger partial charge in [-0.15, -0.1) is 6.58 Å². The van der Waals surface area contributed by atoms with Crippen molar-refractivity contribution in [3.63, 3.8) is 0 Å². The summed E-state index contributed by atoms with van der Waals surface area (Å²) < 4.78 is 0. The van der Waals surface area contributed by atoms with Gasteiger partial charge < -0.3 is 10.2 Å². The average Bonchev–Trinajstić information content (AvgIpc) is 2.53. The van der Waals surface area contributed by atoms with E-state index >= 15 is 0 Å². The van der Waals surface area contributed by atoms with E-state index in [9.17, 15) is 9.90 Å². The minimum atomic E-state index is -0.914. The zero-order valence-corrected chi connectivity index (χ0v) is 15.4. The first-order chi connectivity index (χ1) is 11.7. The summed E-state index contributed by atoms with van der Waals surface area (Å²) in [6.45, 7) is 3.74. The van der Waals surface area contributed by atoms with E-state index in [2.05, 4.69) is 18.7 Å². The van der Waals surface area contributed by atoms with Gasteiger partial charge in [-0.25, -0.2) is 0 Å². The zero-order chi connectivity index (χ0) is 17.9. The second-order valence-electron chi connectivity index (χ2n) is 6.70. The Labute approximate surface area is 148 Å². The van der Waals surface area contributed by atoms with Crippen LogP contribution in [0.4, 0.5) is 0 Å². The Balaban J connectivity index is 3.18. The molecule has 0 rings (SSSR count). The number of hydrogen-bond acceptors (Lipinski definition) is 2. The van der Waals surface area contributed by atoms with Crippen molar-refractivity contribution in [2.45, 2.75) is 102 Å². The van der Waals surface area contributed by atoms with Crippen molar-refractivity contribution < 1.29 is 15.0 Å². The average molecular weight is 339 g/mol. The highest BCUT2D eigenvalue weighted by atomic mass is 16.4. The zero-order valence-electron chi connectivity index (χ0n) is 15.4. The molecule has 1 atom stereocenters. The Kier molecular flexibility index (Phi) is 17.4. The van der Waals surface area contributed by atoms with Gasteiger partial charge in [-0.3, -0.25) is 4.79 Å². The molecule has 0 bridgehead atoms. The van der Waals surface area contributed by atoms with Gasteiger partial charge in [0.15, 0.2) is 0 Å². The summed E-state index contributed by atoms with van der Waals surface area (Å²) in [5.41, 5.74) is 0. The van der Waals surface area contributed by atoms with E-state index in [0.29, 0.717) is 6.42 Å². The molecule has 3 heteroatoms. The lowest BCUT2D eigenvalue weighted by molar-refractivity contribution is -0.139. The highest BCUT2D eigenvalue weighted by Gasteiger charge is 2.08. The summed E-state index contributed by atoms with van der Waals surface area (Å²) in [4.78, 5) is 10.4. The predicted octanol–water partition coefficient (Wildman–Crippen LogP) is 6.03. The molecule has 0 aromatic heterocycles. The van der Waals surface area contributed by atoms with Gasteiger partial charge in [0.2, 0.25) is 0 Å². The number of carbonyl (C=O) groups is 1. The van der Waals surface area contributed by atoms with Gasteiger partial charge in [-0.05, 0) is 44.9 Å². The van der Waals surface area contributed by atoms with E-state index in [1.807, 2.05) is 6.08 Å². The Hall–Kier alpha value is -1.09. The first kappa shape index (κ1) is 22.9. The molecule has 2 N–H and O–H groups in total. The molecule has 0 heterocycles. The van der Waals surface area contributed by atoms with Crippen molar-refractivity contribution in [2.24, 2.45) is 0 Å². The van der Waals surface area contributed by atoms with Crippen LogP contribution in [0.3, 0.4) is 0 Å². The molecule has 0 aliphatic heterocycles. The summed E-state index contributed by atoms with van der Waals surface area (Å²) in [5.74, 6) is -0.914. The van der Waals surface area contributed by atoms with E-state index in [4.69, 9.17) is 5.11 Å². The number of aliphatic carboxylic acids is 1. The van der Waals surface area contributed by atoms with E-state index in [1.54, 1.807) is 0 Å². The number of aliphatic hydroxyl groups excluding tert-OH is 1. The van der Waals surface area contributed by atoms with Gasteiger partial charge in [0.1, 0.15) is 0 Å². The third-order valence-corrected chi connectivity index (χ3v) is 4.26. The molecule has 0 aromatic rings. The monoisotopic (exact) mass is 338 g/mol. The minimum Gasteiger partial charge on any atom is -0.481 e. The Bertz CT molecular complexity index is 323. The van der Waals surface area contributed by atoms with Crippen LogP contribution in [-0.4, -0.2) is 22.3 Å². The molecule has 0 spiro atoms. The van der Waals surface area contributed by atoms with Gasteiger partial charge >= 0.3 is 5.97 Å². The van der Waals surface area contributed by atoms with E-state index in [-0.39, 0.29) is 6.42 Å². The number of carboxylic acid groups (broad SMARTS) is 1. The topological polar surface area (TPSA) is 57.5 Å². The fraction of sp³-hybridized carbons (Fsp3) is 0.762. The lowest BCUT2D eigenvalue weighted by Gasteiger charge is -2.07. The molecule has 0 aliphatic rings. The predicted molar refractivity (Wildman–Crippen MR) is 102 cm³/mol. The molecular formula is C21H38O3. The Morgan fingerprint density at radius 1 is 0.792 bits per heavy atom. The van der Waals surface area contributed by atoms with Crippen molar-refractivity contribution >= 4 is 5.97 Å². The number of carboxylic acids is 1. The van der Waals surface area contributed by atoms with Crippen molar-refractivity contribution in [3.05, 3.63) is 24.8 Å². The summed E-state index contributed by atoms with van der Waals surface area (Å²) in [5, 5.41) is 18.0. The van der Waals surface area contributed by atoms with Crippen LogP contribution in [0.1, 0.15) is 96.3 Å². The van der Waals surface area contributed by atoms with Crippen LogP contribution in [0.15, 0.2) is 24.8 Å². The molecule has 0 radical (unpaired) electrons. The Morgan fingerprint density at radius 2 is 1.25 bits per heavy atom. The number of hydrogen-bond donors (Lipinski definition) is 2. The normalized spacial score (nSPS) is 12.5. The third-order valence-electron chi connectivity index (χ3n) is 4.26. The van der Waals surface area contributed by atoms with Crippen LogP contribution in [0.5, 0.6) is 0 Å². The number of rotatable bonds is 18. The van der Waals surface area contributed by atoms with Gasteiger partial charge in [-0.1, -0.05) is 63.2 Å². The smallest absolute Gasteiger partial charge is 0.305 e. The maximum atomic E-state index is 10.4. The van der Waals surface area contributed by atoms with Crippen LogP contribution in [0, 0.1) is 0 Å². The maximum Gasteiger partial charge on any atom is 0.305 e. The van der Waals surface area contributed by atoms with Crippen molar-refractivity contribution in [2.75, 3.05) is 0 Å². The van der Waals surface area contributed by atoms with Crippen molar-refractivity contribution in [1.29, 1.82) is 0 Å². The van der Waals surface area contributed by atoms with Crippen LogP contribution in [-0.2, 0) is 4.79 Å². The van der Waals surface area contributed by atoms with Gasteiger partial charge in [-0.2, -0.15) is 0 Å². The first-order valence-electron chi connectivity index (χ1n) is 9.82. The molecule has 0 aliphatic carbocycles. The molecule has 3 nitrogen and oxygen atoms in total. The number of allylic oxidation sites excluding steroid dienone is 3. The minimum absolute atomic E-state index is 0.124. The van der Waals surface area contributed by atoms with E-state index < -0.39 is 12.1 Å². The van der Waals surface area contributed by atoms with Gasteiger partial charge in [0, 0.05) is 0 Å². The standard InChI is InChI=1S/C21H38O3/c1-2-3-4-5-6-7-8-9-10-11-12-13-14-15-16-17-18-20(22)19-21(23)24/h2,9-10,20,22H,1,3-8,11-19H2,(H,23,24). The summed E-state index contributed by atoms with van der Waals surface area (Å²) >= 11 is 0.